The molecule has 0 saturated carbocycles. The maximum atomic E-state index is 11.5. The van der Waals surface area contributed by atoms with E-state index in [2.05, 4.69) is 29.2 Å². The Hall–Kier alpha value is -1.69. The second-order valence-electron chi connectivity index (χ2n) is 6.82. The molecular formula is C19H21NO3S. The molecule has 0 bridgehead atoms. The van der Waals surface area contributed by atoms with Gasteiger partial charge in [-0.2, -0.15) is 0 Å². The van der Waals surface area contributed by atoms with Crippen LogP contribution in [0.2, 0.25) is 0 Å². The molecule has 0 radical (unpaired) electrons. The Balaban J connectivity index is 1.49. The molecule has 2 heterocycles. The summed E-state index contributed by atoms with van der Waals surface area (Å²) in [6, 6.07) is 15.7. The molecule has 2 aromatic carbocycles. The van der Waals surface area contributed by atoms with E-state index in [1.54, 1.807) is 12.1 Å². The van der Waals surface area contributed by atoms with E-state index in [-0.39, 0.29) is 5.60 Å². The van der Waals surface area contributed by atoms with E-state index in [4.69, 9.17) is 4.74 Å². The second kappa shape index (κ2) is 5.69. The third-order valence-corrected chi connectivity index (χ3v) is 6.21. The van der Waals surface area contributed by atoms with Crippen LogP contribution in [0.3, 0.4) is 0 Å². The maximum absolute atomic E-state index is 11.5. The van der Waals surface area contributed by atoms with Gasteiger partial charge in [-0.05, 0) is 35.2 Å². The van der Waals surface area contributed by atoms with Crippen LogP contribution < -0.4 is 0 Å². The number of sulfone groups is 1. The molecule has 4 rings (SSSR count). The lowest BCUT2D eigenvalue weighted by Gasteiger charge is -2.25. The summed E-state index contributed by atoms with van der Waals surface area (Å²) >= 11 is 0. The van der Waals surface area contributed by atoms with Crippen LogP contribution in [0.1, 0.15) is 23.1 Å². The zero-order chi connectivity index (χ0) is 16.8. The Morgan fingerprint density at radius 1 is 1.12 bits per heavy atom. The van der Waals surface area contributed by atoms with Gasteiger partial charge in [-0.1, -0.05) is 36.4 Å². The minimum Gasteiger partial charge on any atom is -0.364 e. The number of hydrogen-bond donors (Lipinski definition) is 0. The van der Waals surface area contributed by atoms with Crippen molar-refractivity contribution in [3.05, 3.63) is 65.2 Å². The summed E-state index contributed by atoms with van der Waals surface area (Å²) in [6.45, 7) is 3.39. The first kappa shape index (κ1) is 15.8. The first-order valence-electron chi connectivity index (χ1n) is 8.20. The van der Waals surface area contributed by atoms with E-state index in [0.717, 1.165) is 31.6 Å². The minimum atomic E-state index is -3.13. The fraction of sp³-hybridized carbons (Fsp3) is 0.368. The zero-order valence-electron chi connectivity index (χ0n) is 13.7. The fourth-order valence-corrected chi connectivity index (χ4v) is 4.45. The van der Waals surface area contributed by atoms with Crippen LogP contribution in [-0.4, -0.2) is 32.7 Å². The quantitative estimate of drug-likeness (QED) is 0.860. The number of hydrogen-bond acceptors (Lipinski definition) is 4. The predicted octanol–water partition coefficient (Wildman–Crippen LogP) is 2.72. The lowest BCUT2D eigenvalue weighted by molar-refractivity contribution is -0.0299. The van der Waals surface area contributed by atoms with E-state index in [9.17, 15) is 8.42 Å². The third kappa shape index (κ3) is 2.77. The summed E-state index contributed by atoms with van der Waals surface area (Å²) in [5.74, 6) is 0. The molecular weight excluding hydrogens is 322 g/mol. The number of fused-ring (bicyclic) bond motifs is 2. The van der Waals surface area contributed by atoms with Crippen molar-refractivity contribution in [2.45, 2.75) is 30.1 Å². The van der Waals surface area contributed by atoms with Gasteiger partial charge < -0.3 is 4.74 Å². The molecule has 1 saturated heterocycles. The highest BCUT2D eigenvalue weighted by Gasteiger charge is 2.45. The lowest BCUT2D eigenvalue weighted by atomic mass is 9.92. The van der Waals surface area contributed by atoms with Crippen molar-refractivity contribution in [3.63, 3.8) is 0 Å². The van der Waals surface area contributed by atoms with E-state index < -0.39 is 9.84 Å². The second-order valence-corrected chi connectivity index (χ2v) is 8.83. The monoisotopic (exact) mass is 343 g/mol. The molecule has 1 unspecified atom stereocenters. The van der Waals surface area contributed by atoms with Crippen molar-refractivity contribution in [2.75, 3.05) is 19.3 Å². The van der Waals surface area contributed by atoms with Gasteiger partial charge in [0.25, 0.3) is 0 Å². The molecule has 24 heavy (non-hydrogen) atoms. The topological polar surface area (TPSA) is 46.6 Å². The van der Waals surface area contributed by atoms with Gasteiger partial charge in [-0.25, -0.2) is 8.42 Å². The molecule has 2 aliphatic rings. The molecule has 2 aliphatic heterocycles. The molecule has 0 aliphatic carbocycles. The third-order valence-electron chi connectivity index (χ3n) is 5.08. The Morgan fingerprint density at radius 3 is 2.62 bits per heavy atom. The molecule has 0 N–H and O–H groups in total. The van der Waals surface area contributed by atoms with Crippen molar-refractivity contribution >= 4 is 9.84 Å². The number of rotatable bonds is 3. The van der Waals surface area contributed by atoms with Crippen molar-refractivity contribution in [1.82, 2.24) is 4.90 Å². The van der Waals surface area contributed by atoms with E-state index >= 15 is 0 Å². The molecule has 5 heteroatoms. The molecule has 1 fully saturated rings. The summed E-state index contributed by atoms with van der Waals surface area (Å²) in [6.07, 6.45) is 2.24. The summed E-state index contributed by atoms with van der Waals surface area (Å²) in [5, 5.41) is 0. The highest BCUT2D eigenvalue weighted by atomic mass is 32.2. The SMILES string of the molecule is CS(=O)(=O)c1ccc(CN2CCC3(C2)OCc2ccccc23)cc1. The molecule has 1 spiro atoms. The van der Waals surface area contributed by atoms with Gasteiger partial charge in [0, 0.05) is 25.9 Å². The molecule has 0 amide bonds. The molecule has 4 nitrogen and oxygen atoms in total. The van der Waals surface area contributed by atoms with Crippen LogP contribution in [0, 0.1) is 0 Å². The van der Waals surface area contributed by atoms with Crippen LogP contribution in [0.4, 0.5) is 0 Å². The maximum Gasteiger partial charge on any atom is 0.175 e. The smallest absolute Gasteiger partial charge is 0.175 e. The van der Waals surface area contributed by atoms with Crippen LogP contribution in [-0.2, 0) is 33.3 Å². The van der Waals surface area contributed by atoms with Gasteiger partial charge in [0.1, 0.15) is 5.60 Å². The average molecular weight is 343 g/mol. The van der Waals surface area contributed by atoms with Crippen LogP contribution in [0.5, 0.6) is 0 Å². The summed E-state index contributed by atoms with van der Waals surface area (Å²) < 4.78 is 29.3. The number of nitrogens with zero attached hydrogens (tertiary/aromatic N) is 1. The highest BCUT2D eigenvalue weighted by Crippen LogP contribution is 2.43. The van der Waals surface area contributed by atoms with Gasteiger partial charge in [0.05, 0.1) is 11.5 Å². The van der Waals surface area contributed by atoms with E-state index in [1.165, 1.54) is 17.4 Å². The van der Waals surface area contributed by atoms with Crippen molar-refractivity contribution in [2.24, 2.45) is 0 Å². The van der Waals surface area contributed by atoms with Crippen molar-refractivity contribution in [1.29, 1.82) is 0 Å². The van der Waals surface area contributed by atoms with E-state index in [1.807, 2.05) is 12.1 Å². The lowest BCUT2D eigenvalue weighted by Crippen LogP contribution is -2.30. The first-order chi connectivity index (χ1) is 11.5. The van der Waals surface area contributed by atoms with Crippen molar-refractivity contribution in [3.8, 4) is 0 Å². The molecule has 0 aromatic heterocycles. The summed E-state index contributed by atoms with van der Waals surface area (Å²) in [4.78, 5) is 2.76. The highest BCUT2D eigenvalue weighted by molar-refractivity contribution is 7.90. The van der Waals surface area contributed by atoms with Crippen molar-refractivity contribution < 1.29 is 13.2 Å². The van der Waals surface area contributed by atoms with Crippen LogP contribution in [0.25, 0.3) is 0 Å². The Labute approximate surface area is 143 Å². The average Bonchev–Trinajstić information content (AvgIpc) is 3.13. The Morgan fingerprint density at radius 2 is 1.88 bits per heavy atom. The molecule has 2 aromatic rings. The Kier molecular flexibility index (Phi) is 3.75. The minimum absolute atomic E-state index is 0.163. The summed E-state index contributed by atoms with van der Waals surface area (Å²) in [5.41, 5.74) is 3.60. The number of ether oxygens (including phenoxy) is 1. The molecule has 1 atom stereocenters. The van der Waals surface area contributed by atoms with Gasteiger partial charge in [-0.3, -0.25) is 4.90 Å². The van der Waals surface area contributed by atoms with Gasteiger partial charge in [0.15, 0.2) is 9.84 Å². The number of benzene rings is 2. The first-order valence-corrected chi connectivity index (χ1v) is 10.1. The largest absolute Gasteiger partial charge is 0.364 e. The number of likely N-dealkylation sites (tertiary alicyclic amines) is 1. The zero-order valence-corrected chi connectivity index (χ0v) is 14.6. The predicted molar refractivity (Wildman–Crippen MR) is 92.4 cm³/mol. The van der Waals surface area contributed by atoms with Crippen LogP contribution in [0.15, 0.2) is 53.4 Å². The van der Waals surface area contributed by atoms with Gasteiger partial charge >= 0.3 is 0 Å². The van der Waals surface area contributed by atoms with Gasteiger partial charge in [-0.15, -0.1) is 0 Å². The fourth-order valence-electron chi connectivity index (χ4n) is 3.82. The molecule has 126 valence electrons. The Bertz CT molecular complexity index is 860. The standard InChI is InChI=1S/C19H21NO3S/c1-24(21,22)17-8-6-15(7-9-17)12-20-11-10-19(14-20)18-5-3-2-4-16(18)13-23-19/h2-9H,10-14H2,1H3. The van der Waals surface area contributed by atoms with Gasteiger partial charge in [0.2, 0.25) is 0 Å². The normalized spacial score (nSPS) is 23.7. The van der Waals surface area contributed by atoms with E-state index in [0.29, 0.717) is 11.5 Å². The summed E-state index contributed by atoms with van der Waals surface area (Å²) in [7, 11) is -3.13. The van der Waals surface area contributed by atoms with Crippen LogP contribution >= 0.6 is 0 Å².